The predicted octanol–water partition coefficient (Wildman–Crippen LogP) is 3.90. The van der Waals surface area contributed by atoms with Crippen molar-refractivity contribution in [3.8, 4) is 10.7 Å². The molecule has 96 valence electrons. The van der Waals surface area contributed by atoms with Crippen LogP contribution in [-0.2, 0) is 6.42 Å². The maximum Gasteiger partial charge on any atom is 0.171 e. The van der Waals surface area contributed by atoms with Crippen molar-refractivity contribution < 1.29 is 0 Å². The first kappa shape index (κ1) is 13.0. The van der Waals surface area contributed by atoms with Crippen molar-refractivity contribution >= 4 is 17.2 Å². The van der Waals surface area contributed by atoms with Crippen molar-refractivity contribution in [1.82, 2.24) is 9.97 Å². The molecule has 0 aromatic carbocycles. The highest BCUT2D eigenvalue weighted by atomic mass is 32.1. The molecule has 0 aliphatic rings. The first-order valence-electron chi connectivity index (χ1n) is 6.41. The number of rotatable bonds is 5. The number of nitrogens with zero attached hydrogens (tertiary/aromatic N) is 2. The minimum absolute atomic E-state index is 0.839. The summed E-state index contributed by atoms with van der Waals surface area (Å²) in [6, 6.07) is 4.10. The Labute approximate surface area is 112 Å². The fourth-order valence-electron chi connectivity index (χ4n) is 1.84. The van der Waals surface area contributed by atoms with E-state index in [4.69, 9.17) is 0 Å². The van der Waals surface area contributed by atoms with Gasteiger partial charge < -0.3 is 5.32 Å². The largest absolute Gasteiger partial charge is 0.370 e. The van der Waals surface area contributed by atoms with E-state index >= 15 is 0 Å². The quantitative estimate of drug-likeness (QED) is 0.887. The van der Waals surface area contributed by atoms with Gasteiger partial charge in [-0.2, -0.15) is 0 Å². The van der Waals surface area contributed by atoms with Crippen LogP contribution < -0.4 is 5.32 Å². The van der Waals surface area contributed by atoms with Gasteiger partial charge in [-0.1, -0.05) is 19.9 Å². The number of anilines is 1. The summed E-state index contributed by atoms with van der Waals surface area (Å²) >= 11 is 1.68. The third kappa shape index (κ3) is 2.70. The Balaban J connectivity index is 2.42. The lowest BCUT2D eigenvalue weighted by atomic mass is 10.2. The van der Waals surface area contributed by atoms with Crippen LogP contribution in [0.3, 0.4) is 0 Å². The highest BCUT2D eigenvalue weighted by molar-refractivity contribution is 7.13. The van der Waals surface area contributed by atoms with E-state index in [0.717, 1.165) is 41.6 Å². The van der Waals surface area contributed by atoms with E-state index < -0.39 is 0 Å². The lowest BCUT2D eigenvalue weighted by Gasteiger charge is -2.12. The third-order valence-electron chi connectivity index (χ3n) is 2.87. The van der Waals surface area contributed by atoms with Crippen LogP contribution in [0.25, 0.3) is 10.7 Å². The molecule has 0 saturated carbocycles. The van der Waals surface area contributed by atoms with Crippen LogP contribution in [0.1, 0.15) is 31.5 Å². The summed E-state index contributed by atoms with van der Waals surface area (Å²) < 4.78 is 0. The van der Waals surface area contributed by atoms with Gasteiger partial charge in [0.05, 0.1) is 4.88 Å². The van der Waals surface area contributed by atoms with Gasteiger partial charge in [0.25, 0.3) is 0 Å². The van der Waals surface area contributed by atoms with Crippen LogP contribution in [0.2, 0.25) is 0 Å². The number of hydrogen-bond acceptors (Lipinski definition) is 4. The molecule has 2 aromatic rings. The molecule has 0 radical (unpaired) electrons. The molecule has 2 heterocycles. The summed E-state index contributed by atoms with van der Waals surface area (Å²) in [7, 11) is 0. The molecule has 0 spiro atoms. The van der Waals surface area contributed by atoms with Crippen molar-refractivity contribution in [1.29, 1.82) is 0 Å². The van der Waals surface area contributed by atoms with Crippen LogP contribution in [0, 0.1) is 6.92 Å². The van der Waals surface area contributed by atoms with E-state index in [1.807, 2.05) is 6.07 Å². The average molecular weight is 261 g/mol. The van der Waals surface area contributed by atoms with Gasteiger partial charge in [0.15, 0.2) is 5.82 Å². The fourth-order valence-corrected chi connectivity index (χ4v) is 2.50. The van der Waals surface area contributed by atoms with Gasteiger partial charge in [0.2, 0.25) is 0 Å². The van der Waals surface area contributed by atoms with Crippen molar-refractivity contribution in [3.05, 3.63) is 28.8 Å². The summed E-state index contributed by atoms with van der Waals surface area (Å²) in [6.45, 7) is 7.33. The molecule has 2 rings (SSSR count). The number of thiophene rings is 1. The molecule has 0 amide bonds. The molecule has 3 nitrogen and oxygen atoms in total. The molecular weight excluding hydrogens is 242 g/mol. The monoisotopic (exact) mass is 261 g/mol. The van der Waals surface area contributed by atoms with Crippen molar-refractivity contribution in [2.45, 2.75) is 33.6 Å². The summed E-state index contributed by atoms with van der Waals surface area (Å²) in [5.41, 5.74) is 2.30. The number of hydrogen-bond donors (Lipinski definition) is 1. The van der Waals surface area contributed by atoms with Gasteiger partial charge in [0, 0.05) is 17.8 Å². The van der Waals surface area contributed by atoms with Crippen LogP contribution in [0.5, 0.6) is 0 Å². The Morgan fingerprint density at radius 1 is 1.28 bits per heavy atom. The second-order valence-electron chi connectivity index (χ2n) is 4.23. The zero-order valence-corrected chi connectivity index (χ0v) is 12.0. The lowest BCUT2D eigenvalue weighted by molar-refractivity contribution is 0.937. The Kier molecular flexibility index (Phi) is 4.31. The van der Waals surface area contributed by atoms with Crippen LogP contribution in [0.15, 0.2) is 17.5 Å². The molecule has 0 aliphatic carbocycles. The molecule has 0 bridgehead atoms. The summed E-state index contributed by atoms with van der Waals surface area (Å²) in [6.07, 6.45) is 2.03. The number of aromatic nitrogens is 2. The molecule has 1 N–H and O–H groups in total. The first-order valence-corrected chi connectivity index (χ1v) is 7.29. The number of nitrogens with one attached hydrogen (secondary N) is 1. The molecule has 0 aliphatic heterocycles. The maximum atomic E-state index is 4.66. The standard InChI is InChI=1S/C14H19N3S/c1-4-8-15-13-10(3)11(5-2)16-14(17-13)12-7-6-9-18-12/h6-7,9H,4-5,8H2,1-3H3,(H,15,16,17). The SMILES string of the molecule is CCCNc1nc(-c2cccs2)nc(CC)c1C. The van der Waals surface area contributed by atoms with E-state index in [-0.39, 0.29) is 0 Å². The smallest absolute Gasteiger partial charge is 0.171 e. The number of aryl methyl sites for hydroxylation is 1. The van der Waals surface area contributed by atoms with Gasteiger partial charge >= 0.3 is 0 Å². The second kappa shape index (κ2) is 5.96. The normalized spacial score (nSPS) is 10.6. The summed E-state index contributed by atoms with van der Waals surface area (Å²) in [4.78, 5) is 10.4. The lowest BCUT2D eigenvalue weighted by Crippen LogP contribution is -2.08. The van der Waals surface area contributed by atoms with Gasteiger partial charge in [-0.15, -0.1) is 11.3 Å². The highest BCUT2D eigenvalue weighted by Gasteiger charge is 2.11. The predicted molar refractivity (Wildman–Crippen MR) is 78.2 cm³/mol. The van der Waals surface area contributed by atoms with Crippen LogP contribution in [0.4, 0.5) is 5.82 Å². The highest BCUT2D eigenvalue weighted by Crippen LogP contribution is 2.25. The molecule has 2 aromatic heterocycles. The Bertz CT molecular complexity index is 506. The molecule has 0 saturated heterocycles. The Morgan fingerprint density at radius 3 is 2.72 bits per heavy atom. The Morgan fingerprint density at radius 2 is 2.11 bits per heavy atom. The zero-order valence-electron chi connectivity index (χ0n) is 11.2. The van der Waals surface area contributed by atoms with Crippen molar-refractivity contribution in [3.63, 3.8) is 0 Å². The topological polar surface area (TPSA) is 37.8 Å². The van der Waals surface area contributed by atoms with Crippen LogP contribution >= 0.6 is 11.3 Å². The average Bonchev–Trinajstić information content (AvgIpc) is 2.91. The van der Waals surface area contributed by atoms with Gasteiger partial charge in [-0.25, -0.2) is 9.97 Å². The van der Waals surface area contributed by atoms with Crippen molar-refractivity contribution in [2.24, 2.45) is 0 Å². The van der Waals surface area contributed by atoms with Crippen LogP contribution in [-0.4, -0.2) is 16.5 Å². The molecule has 0 atom stereocenters. The fraction of sp³-hybridized carbons (Fsp3) is 0.429. The van der Waals surface area contributed by atoms with Gasteiger partial charge in [-0.05, 0) is 31.2 Å². The van der Waals surface area contributed by atoms with E-state index in [1.54, 1.807) is 11.3 Å². The maximum absolute atomic E-state index is 4.66. The molecule has 18 heavy (non-hydrogen) atoms. The summed E-state index contributed by atoms with van der Waals surface area (Å²) in [5.74, 6) is 1.82. The van der Waals surface area contributed by atoms with Crippen molar-refractivity contribution in [2.75, 3.05) is 11.9 Å². The Hall–Kier alpha value is -1.42. The minimum atomic E-state index is 0.839. The molecule has 0 fully saturated rings. The zero-order chi connectivity index (χ0) is 13.0. The minimum Gasteiger partial charge on any atom is -0.370 e. The third-order valence-corrected chi connectivity index (χ3v) is 3.73. The van der Waals surface area contributed by atoms with Gasteiger partial charge in [0.1, 0.15) is 5.82 Å². The molecule has 4 heteroatoms. The van der Waals surface area contributed by atoms with E-state index in [9.17, 15) is 0 Å². The summed E-state index contributed by atoms with van der Waals surface area (Å²) in [5, 5.41) is 5.45. The van der Waals surface area contributed by atoms with E-state index in [2.05, 4.69) is 47.5 Å². The van der Waals surface area contributed by atoms with E-state index in [0.29, 0.717) is 0 Å². The molecular formula is C14H19N3S. The van der Waals surface area contributed by atoms with Gasteiger partial charge in [-0.3, -0.25) is 0 Å². The first-order chi connectivity index (χ1) is 8.76. The molecule has 0 unspecified atom stereocenters. The second-order valence-corrected chi connectivity index (χ2v) is 5.17. The van der Waals surface area contributed by atoms with E-state index in [1.165, 1.54) is 5.56 Å².